The molecule has 0 spiro atoms. The number of urea groups is 1. The van der Waals surface area contributed by atoms with Gasteiger partial charge in [-0.15, -0.1) is 0 Å². The fourth-order valence-corrected chi connectivity index (χ4v) is 2.72. The van der Waals surface area contributed by atoms with Gasteiger partial charge in [0.2, 0.25) is 6.79 Å². The number of fused-ring (bicyclic) bond motifs is 1. The Morgan fingerprint density at radius 1 is 1.26 bits per heavy atom. The van der Waals surface area contributed by atoms with Crippen LogP contribution in [0.1, 0.15) is 12.5 Å². The van der Waals surface area contributed by atoms with Crippen LogP contribution in [0.15, 0.2) is 18.2 Å². The second-order valence-electron chi connectivity index (χ2n) is 5.83. The van der Waals surface area contributed by atoms with Gasteiger partial charge in [0, 0.05) is 32.2 Å². The van der Waals surface area contributed by atoms with Crippen molar-refractivity contribution in [3.63, 3.8) is 0 Å². The van der Waals surface area contributed by atoms with Crippen molar-refractivity contribution in [1.29, 1.82) is 0 Å². The molecule has 126 valence electrons. The number of nitrogens with one attached hydrogen (secondary N) is 2. The molecule has 0 unspecified atom stereocenters. The molecule has 2 amide bonds. The molecule has 7 nitrogen and oxygen atoms in total. The summed E-state index contributed by atoms with van der Waals surface area (Å²) in [5, 5.41) is 5.83. The van der Waals surface area contributed by atoms with E-state index in [0.717, 1.165) is 49.9 Å². The van der Waals surface area contributed by atoms with Gasteiger partial charge in [0.25, 0.3) is 0 Å². The summed E-state index contributed by atoms with van der Waals surface area (Å²) in [6, 6.07) is 5.59. The van der Waals surface area contributed by atoms with Crippen LogP contribution >= 0.6 is 0 Å². The topological polar surface area (TPSA) is 72.1 Å². The predicted octanol–water partition coefficient (Wildman–Crippen LogP) is 0.935. The van der Waals surface area contributed by atoms with Crippen LogP contribution in [0.5, 0.6) is 11.5 Å². The molecular formula is C16H23N3O4. The Morgan fingerprint density at radius 2 is 2.04 bits per heavy atom. The molecule has 7 heteroatoms. The van der Waals surface area contributed by atoms with Crippen LogP contribution in [0.3, 0.4) is 0 Å². The highest BCUT2D eigenvalue weighted by molar-refractivity contribution is 5.74. The van der Waals surface area contributed by atoms with Gasteiger partial charge in [0.1, 0.15) is 0 Å². The largest absolute Gasteiger partial charge is 0.454 e. The van der Waals surface area contributed by atoms with Crippen molar-refractivity contribution in [1.82, 2.24) is 15.5 Å². The second kappa shape index (κ2) is 7.52. The minimum absolute atomic E-state index is 0.0878. The zero-order valence-electron chi connectivity index (χ0n) is 13.3. The van der Waals surface area contributed by atoms with Gasteiger partial charge in [-0.3, -0.25) is 4.90 Å². The van der Waals surface area contributed by atoms with Gasteiger partial charge in [-0.2, -0.15) is 0 Å². The van der Waals surface area contributed by atoms with Crippen LogP contribution in [-0.2, 0) is 11.3 Å². The number of amides is 2. The number of carbonyl (C=O) groups excluding carboxylic acids is 1. The van der Waals surface area contributed by atoms with Crippen LogP contribution in [0.2, 0.25) is 0 Å². The lowest BCUT2D eigenvalue weighted by Gasteiger charge is -2.29. The number of carbonyl (C=O) groups is 1. The van der Waals surface area contributed by atoms with Crippen molar-refractivity contribution < 1.29 is 19.0 Å². The van der Waals surface area contributed by atoms with E-state index in [1.165, 1.54) is 0 Å². The Hall–Kier alpha value is -1.99. The first-order chi connectivity index (χ1) is 11.2. The molecule has 0 radical (unpaired) electrons. The molecule has 0 aliphatic carbocycles. The summed E-state index contributed by atoms with van der Waals surface area (Å²) in [5.41, 5.74) is 0.977. The third kappa shape index (κ3) is 4.49. The maximum atomic E-state index is 12.0. The molecule has 2 heterocycles. The third-order valence-electron chi connectivity index (χ3n) is 3.90. The van der Waals surface area contributed by atoms with E-state index in [4.69, 9.17) is 14.2 Å². The Kier molecular flexibility index (Phi) is 5.19. The lowest BCUT2D eigenvalue weighted by Crippen LogP contribution is -2.48. The van der Waals surface area contributed by atoms with Crippen LogP contribution in [0.4, 0.5) is 4.79 Å². The Balaban J connectivity index is 1.40. The molecule has 1 saturated heterocycles. The van der Waals surface area contributed by atoms with Gasteiger partial charge in [0.15, 0.2) is 11.5 Å². The minimum Gasteiger partial charge on any atom is -0.454 e. The molecule has 1 atom stereocenters. The van der Waals surface area contributed by atoms with Crippen molar-refractivity contribution in [2.24, 2.45) is 0 Å². The molecule has 0 bridgehead atoms. The zero-order valence-corrected chi connectivity index (χ0v) is 13.3. The third-order valence-corrected chi connectivity index (χ3v) is 3.90. The highest BCUT2D eigenvalue weighted by Gasteiger charge is 2.16. The first kappa shape index (κ1) is 15.9. The number of nitrogens with zero attached hydrogens (tertiary/aromatic N) is 1. The monoisotopic (exact) mass is 321 g/mol. The van der Waals surface area contributed by atoms with E-state index in [0.29, 0.717) is 6.54 Å². The van der Waals surface area contributed by atoms with Crippen molar-refractivity contribution in [2.45, 2.75) is 19.5 Å². The number of ether oxygens (including phenoxy) is 3. The molecule has 0 aromatic heterocycles. The fourth-order valence-electron chi connectivity index (χ4n) is 2.72. The highest BCUT2D eigenvalue weighted by atomic mass is 16.7. The number of hydrogen-bond acceptors (Lipinski definition) is 5. The molecule has 23 heavy (non-hydrogen) atoms. The molecule has 2 aliphatic heterocycles. The lowest BCUT2D eigenvalue weighted by molar-refractivity contribution is 0.0349. The van der Waals surface area contributed by atoms with Crippen LogP contribution in [0, 0.1) is 0 Å². The average molecular weight is 321 g/mol. The Labute approximate surface area is 135 Å². The van der Waals surface area contributed by atoms with Gasteiger partial charge >= 0.3 is 6.03 Å². The summed E-state index contributed by atoms with van der Waals surface area (Å²) < 4.78 is 15.9. The first-order valence-electron chi connectivity index (χ1n) is 7.94. The van der Waals surface area contributed by atoms with Gasteiger partial charge in [-0.25, -0.2) is 4.79 Å². The summed E-state index contributed by atoms with van der Waals surface area (Å²) in [7, 11) is 0. The van der Waals surface area contributed by atoms with E-state index in [1.54, 1.807) is 0 Å². The van der Waals surface area contributed by atoms with Crippen molar-refractivity contribution in [3.8, 4) is 11.5 Å². The Bertz CT molecular complexity index is 546. The van der Waals surface area contributed by atoms with Gasteiger partial charge < -0.3 is 24.8 Å². The molecular weight excluding hydrogens is 298 g/mol. The van der Waals surface area contributed by atoms with Crippen molar-refractivity contribution in [3.05, 3.63) is 23.8 Å². The number of benzene rings is 1. The number of rotatable bonds is 5. The van der Waals surface area contributed by atoms with E-state index in [1.807, 2.05) is 25.1 Å². The maximum Gasteiger partial charge on any atom is 0.315 e. The standard InChI is InChI=1S/C16H23N3O4/c1-12(10-19-4-6-21-7-5-19)18-16(20)17-9-13-2-3-14-15(8-13)23-11-22-14/h2-3,8,12H,4-7,9-11H2,1H3,(H2,17,18,20)/t12-/m0/s1. The summed E-state index contributed by atoms with van der Waals surface area (Å²) in [6.45, 7) is 6.93. The van der Waals surface area contributed by atoms with E-state index in [9.17, 15) is 4.79 Å². The van der Waals surface area contributed by atoms with E-state index >= 15 is 0 Å². The second-order valence-corrected chi connectivity index (χ2v) is 5.83. The first-order valence-corrected chi connectivity index (χ1v) is 7.94. The summed E-state index contributed by atoms with van der Waals surface area (Å²) in [5.74, 6) is 1.47. The predicted molar refractivity (Wildman–Crippen MR) is 84.7 cm³/mol. The van der Waals surface area contributed by atoms with Crippen LogP contribution in [0.25, 0.3) is 0 Å². The van der Waals surface area contributed by atoms with E-state index in [2.05, 4.69) is 15.5 Å². The molecule has 1 fully saturated rings. The molecule has 0 saturated carbocycles. The minimum atomic E-state index is -0.163. The molecule has 1 aromatic rings. The molecule has 2 aliphatic rings. The number of hydrogen-bond donors (Lipinski definition) is 2. The van der Waals surface area contributed by atoms with Gasteiger partial charge in [-0.05, 0) is 24.6 Å². The summed E-state index contributed by atoms with van der Waals surface area (Å²) in [4.78, 5) is 14.3. The van der Waals surface area contributed by atoms with Crippen molar-refractivity contribution >= 4 is 6.03 Å². The number of morpholine rings is 1. The Morgan fingerprint density at radius 3 is 2.87 bits per heavy atom. The van der Waals surface area contributed by atoms with Crippen molar-refractivity contribution in [2.75, 3.05) is 39.6 Å². The molecule has 1 aromatic carbocycles. The maximum absolute atomic E-state index is 12.0. The van der Waals surface area contributed by atoms with Crippen LogP contribution < -0.4 is 20.1 Å². The molecule has 3 rings (SSSR count). The van der Waals surface area contributed by atoms with Crippen LogP contribution in [-0.4, -0.2) is 56.6 Å². The van der Waals surface area contributed by atoms with Gasteiger partial charge in [0.05, 0.1) is 13.2 Å². The smallest absolute Gasteiger partial charge is 0.315 e. The summed E-state index contributed by atoms with van der Waals surface area (Å²) >= 11 is 0. The summed E-state index contributed by atoms with van der Waals surface area (Å²) in [6.07, 6.45) is 0. The zero-order chi connectivity index (χ0) is 16.1. The fraction of sp³-hybridized carbons (Fsp3) is 0.562. The average Bonchev–Trinajstić information content (AvgIpc) is 3.01. The lowest BCUT2D eigenvalue weighted by atomic mass is 10.2. The van der Waals surface area contributed by atoms with E-state index in [-0.39, 0.29) is 18.9 Å². The normalized spacial score (nSPS) is 18.5. The van der Waals surface area contributed by atoms with Gasteiger partial charge in [-0.1, -0.05) is 6.07 Å². The van der Waals surface area contributed by atoms with E-state index < -0.39 is 0 Å². The highest BCUT2D eigenvalue weighted by Crippen LogP contribution is 2.32. The SMILES string of the molecule is C[C@@H](CN1CCOCC1)NC(=O)NCc1ccc2c(c1)OCO2. The molecule has 2 N–H and O–H groups in total. The quantitative estimate of drug-likeness (QED) is 0.844.